The summed E-state index contributed by atoms with van der Waals surface area (Å²) in [5, 5.41) is 37.5. The van der Waals surface area contributed by atoms with Crippen LogP contribution in [0.25, 0.3) is 0 Å². The van der Waals surface area contributed by atoms with E-state index in [1.807, 2.05) is 27.7 Å². The molecule has 1 fully saturated rings. The molecular weight excluding hydrogens is 995 g/mol. The summed E-state index contributed by atoms with van der Waals surface area (Å²) < 4.78 is 0. The van der Waals surface area contributed by atoms with Crippen LogP contribution < -0.4 is 60.6 Å². The number of carbonyl (C=O) groups excluding carboxylic acids is 10. The second-order valence-electron chi connectivity index (χ2n) is 21.3. The van der Waals surface area contributed by atoms with Crippen LogP contribution in [0.15, 0.2) is 30.3 Å². The minimum absolute atomic E-state index is 0.0292. The molecular formula is C54H91N11O12. The van der Waals surface area contributed by atoms with Crippen molar-refractivity contribution in [2.24, 2.45) is 64.2 Å². The van der Waals surface area contributed by atoms with Crippen molar-refractivity contribution in [3.8, 4) is 0 Å². The number of amides is 6. The minimum Gasteiger partial charge on any atom is -0.393 e. The molecule has 1 saturated heterocycles. The van der Waals surface area contributed by atoms with E-state index in [2.05, 4.69) is 31.9 Å². The van der Waals surface area contributed by atoms with Gasteiger partial charge in [-0.2, -0.15) is 0 Å². The van der Waals surface area contributed by atoms with E-state index >= 15 is 0 Å². The van der Waals surface area contributed by atoms with Gasteiger partial charge in [0.15, 0.2) is 17.3 Å². The first kappa shape index (κ1) is 67.5. The highest BCUT2D eigenvalue weighted by Gasteiger charge is 2.37. The number of Topliss-reactive ketones (excluding diaryl/α,β-unsaturated/α-hetero) is 4. The number of nitrogens with two attached hydrogens (primary N) is 5. The molecule has 1 heterocycles. The Bertz CT molecular complexity index is 2090. The number of ketones is 4. The van der Waals surface area contributed by atoms with Crippen LogP contribution in [0, 0.1) is 35.5 Å². The first-order valence-corrected chi connectivity index (χ1v) is 27.2. The van der Waals surface area contributed by atoms with Crippen molar-refractivity contribution in [2.45, 2.75) is 173 Å². The molecule has 12 atom stereocenters. The first-order chi connectivity index (χ1) is 36.4. The summed E-state index contributed by atoms with van der Waals surface area (Å²) >= 11 is 0. The third-order valence-electron chi connectivity index (χ3n) is 14.0. The molecule has 1 aliphatic heterocycles. The number of carbonyl (C=O) groups is 10. The Hall–Kier alpha value is -5.56. The summed E-state index contributed by atoms with van der Waals surface area (Å²) in [6.45, 7) is 9.45. The Kier molecular flexibility index (Phi) is 30.7. The van der Waals surface area contributed by atoms with Gasteiger partial charge in [0.2, 0.25) is 35.4 Å². The van der Waals surface area contributed by atoms with Gasteiger partial charge in [0, 0.05) is 56.5 Å². The van der Waals surface area contributed by atoms with Crippen LogP contribution in [-0.4, -0.2) is 150 Å². The molecule has 0 aromatic heterocycles. The molecule has 1 aromatic carbocycles. The number of aliphatic hydroxyl groups is 2. The molecule has 1 aliphatic rings. The molecule has 0 spiro atoms. The van der Waals surface area contributed by atoms with E-state index in [1.165, 1.54) is 13.8 Å². The lowest BCUT2D eigenvalue weighted by molar-refractivity contribution is -0.137. The highest BCUT2D eigenvalue weighted by atomic mass is 16.3. The maximum atomic E-state index is 14.5. The minimum atomic E-state index is -1.41. The predicted octanol–water partition coefficient (Wildman–Crippen LogP) is -1.56. The lowest BCUT2D eigenvalue weighted by Gasteiger charge is -2.28. The molecule has 0 bridgehead atoms. The first-order valence-electron chi connectivity index (χ1n) is 27.2. The van der Waals surface area contributed by atoms with Gasteiger partial charge in [-0.15, -0.1) is 0 Å². The van der Waals surface area contributed by atoms with Crippen LogP contribution in [0.2, 0.25) is 0 Å². The van der Waals surface area contributed by atoms with E-state index in [0.717, 1.165) is 0 Å². The molecule has 18 N–H and O–H groups in total. The number of hydrogen-bond donors (Lipinski definition) is 13. The molecule has 0 saturated carbocycles. The van der Waals surface area contributed by atoms with E-state index < -0.39 is 138 Å². The highest BCUT2D eigenvalue weighted by Crippen LogP contribution is 2.21. The molecule has 23 heteroatoms. The van der Waals surface area contributed by atoms with Crippen molar-refractivity contribution in [2.75, 3.05) is 32.7 Å². The van der Waals surface area contributed by atoms with Gasteiger partial charge in [0.05, 0.1) is 42.2 Å². The normalized spacial score (nSPS) is 24.1. The third kappa shape index (κ3) is 23.9. The largest absolute Gasteiger partial charge is 0.393 e. The van der Waals surface area contributed by atoms with Gasteiger partial charge in [0.1, 0.15) is 17.9 Å². The Morgan fingerprint density at radius 1 is 0.662 bits per heavy atom. The molecule has 23 nitrogen and oxygen atoms in total. The van der Waals surface area contributed by atoms with Gasteiger partial charge in [-0.3, -0.25) is 47.9 Å². The van der Waals surface area contributed by atoms with E-state index in [-0.39, 0.29) is 114 Å². The predicted molar refractivity (Wildman–Crippen MR) is 289 cm³/mol. The van der Waals surface area contributed by atoms with E-state index in [4.69, 9.17) is 28.7 Å². The number of hydrogen-bond acceptors (Lipinski definition) is 17. The monoisotopic (exact) mass is 1090 g/mol. The molecule has 434 valence electrons. The fraction of sp³-hybridized carbons (Fsp3) is 0.704. The Morgan fingerprint density at radius 3 is 1.74 bits per heavy atom. The van der Waals surface area contributed by atoms with E-state index in [0.29, 0.717) is 12.0 Å². The quantitative estimate of drug-likeness (QED) is 0.0527. The number of rotatable bonds is 25. The molecule has 77 heavy (non-hydrogen) atoms. The smallest absolute Gasteiger partial charge is 0.243 e. The molecule has 0 aliphatic carbocycles. The zero-order valence-corrected chi connectivity index (χ0v) is 46.1. The summed E-state index contributed by atoms with van der Waals surface area (Å²) in [4.78, 5) is 140. The van der Waals surface area contributed by atoms with Crippen LogP contribution in [0.3, 0.4) is 0 Å². The highest BCUT2D eigenvalue weighted by molar-refractivity contribution is 5.98. The van der Waals surface area contributed by atoms with Gasteiger partial charge in [-0.25, -0.2) is 0 Å². The van der Waals surface area contributed by atoms with Gasteiger partial charge >= 0.3 is 0 Å². The Balaban J connectivity index is 2.72. The van der Waals surface area contributed by atoms with Crippen molar-refractivity contribution < 1.29 is 58.2 Å². The number of benzene rings is 1. The second kappa shape index (κ2) is 35.1. The summed E-state index contributed by atoms with van der Waals surface area (Å²) in [6.07, 6.45) is -4.70. The maximum absolute atomic E-state index is 14.5. The van der Waals surface area contributed by atoms with Crippen molar-refractivity contribution in [1.82, 2.24) is 31.9 Å². The SMILES string of the molecule is CC(C)C[C@@H]1NC(=O)[C@@H](Cc2ccccc2)CC(=O)[C@H](CCN)NC(=O)[C@@H](CC(=O)[C@H](CCN)NC(=O)[C@@H](CC(=O)CC[C@@H](N)C(C)C)C(C)O)CCNC(=O)[C@H](C(C)O)CC(=O)[C@H](CCN)NC(=O)[C@H](CCN)NC1=O. The molecule has 6 amide bonds. The summed E-state index contributed by atoms with van der Waals surface area (Å²) in [7, 11) is 0. The van der Waals surface area contributed by atoms with Gasteiger partial charge in [0.25, 0.3) is 0 Å². The third-order valence-corrected chi connectivity index (χ3v) is 14.0. The van der Waals surface area contributed by atoms with Crippen LogP contribution in [-0.2, 0) is 54.4 Å². The number of nitrogens with one attached hydrogen (secondary N) is 6. The van der Waals surface area contributed by atoms with Crippen molar-refractivity contribution >= 4 is 58.6 Å². The van der Waals surface area contributed by atoms with Crippen LogP contribution >= 0.6 is 0 Å². The number of aliphatic hydroxyl groups excluding tert-OH is 2. The van der Waals surface area contributed by atoms with Crippen LogP contribution in [0.5, 0.6) is 0 Å². The Labute approximate surface area is 453 Å². The molecule has 1 aromatic rings. The average Bonchev–Trinajstić information content (AvgIpc) is 3.36. The fourth-order valence-corrected chi connectivity index (χ4v) is 9.07. The summed E-state index contributed by atoms with van der Waals surface area (Å²) in [5.74, 6) is -12.0. The van der Waals surface area contributed by atoms with E-state index in [9.17, 15) is 58.2 Å². The van der Waals surface area contributed by atoms with E-state index in [1.54, 1.807) is 30.3 Å². The fourth-order valence-electron chi connectivity index (χ4n) is 9.07. The lowest BCUT2D eigenvalue weighted by Crippen LogP contribution is -2.57. The molecule has 2 unspecified atom stereocenters. The second-order valence-corrected chi connectivity index (χ2v) is 21.3. The summed E-state index contributed by atoms with van der Waals surface area (Å²) in [5.41, 5.74) is 30.4. The zero-order valence-electron chi connectivity index (χ0n) is 46.1. The van der Waals surface area contributed by atoms with Gasteiger partial charge < -0.3 is 70.8 Å². The van der Waals surface area contributed by atoms with Crippen molar-refractivity contribution in [3.63, 3.8) is 0 Å². The summed E-state index contributed by atoms with van der Waals surface area (Å²) in [6, 6.07) is 2.17. The van der Waals surface area contributed by atoms with Crippen LogP contribution in [0.1, 0.15) is 124 Å². The Morgan fingerprint density at radius 2 is 1.19 bits per heavy atom. The zero-order chi connectivity index (χ0) is 57.9. The molecule has 0 radical (unpaired) electrons. The lowest BCUT2D eigenvalue weighted by atomic mass is 9.89. The topological polar surface area (TPSA) is 413 Å². The molecule has 2 rings (SSSR count). The average molecular weight is 1090 g/mol. The van der Waals surface area contributed by atoms with Gasteiger partial charge in [-0.1, -0.05) is 58.0 Å². The van der Waals surface area contributed by atoms with Crippen molar-refractivity contribution in [3.05, 3.63) is 35.9 Å². The maximum Gasteiger partial charge on any atom is 0.243 e. The standard InChI is InChI=1S/C54H91N11O12/c1-30(2)24-45-54(77)64-44(17-22-58)53(76)63-43(16-21-57)48(71)29-39(33(6)67)51(74)60-23-18-35(49(72)61-41(14-19-55)47(70)27-36(50(73)65-45)25-34-10-8-7-9-11-34)26-46(69)42(15-20-56)62-52(75)38(32(5)66)28-37(68)12-13-40(59)31(3)4/h7-11,30-33,35-36,38-45,66-67H,12-29,55-59H2,1-6H3,(H,60,74)(H,61,72)(H,62,75)(H,63,76)(H,64,77)(H,65,73)/t32?,33?,35-,36+,38+,39+,40-,41+,42+,43+,44+,45+/m1/s1. The van der Waals surface area contributed by atoms with Gasteiger partial charge in [-0.05, 0) is 109 Å². The van der Waals surface area contributed by atoms with Crippen molar-refractivity contribution in [1.29, 1.82) is 0 Å². The van der Waals surface area contributed by atoms with Crippen LogP contribution in [0.4, 0.5) is 0 Å².